The Balaban J connectivity index is 1.79. The van der Waals surface area contributed by atoms with Crippen molar-refractivity contribution in [2.45, 2.75) is 44.8 Å². The van der Waals surface area contributed by atoms with E-state index in [-0.39, 0.29) is 0 Å². The first-order chi connectivity index (χ1) is 7.83. The molecule has 3 unspecified atom stereocenters. The van der Waals surface area contributed by atoms with E-state index in [0.717, 1.165) is 38.1 Å². The summed E-state index contributed by atoms with van der Waals surface area (Å²) in [5.41, 5.74) is 0. The fourth-order valence-corrected chi connectivity index (χ4v) is 3.16. The van der Waals surface area contributed by atoms with Crippen molar-refractivity contribution < 1.29 is 4.74 Å². The average molecular weight is 226 g/mol. The fourth-order valence-electron chi connectivity index (χ4n) is 3.16. The Bertz CT molecular complexity index is 210. The smallest absolute Gasteiger partial charge is 0.0700 e. The highest BCUT2D eigenvalue weighted by atomic mass is 16.5. The lowest BCUT2D eigenvalue weighted by atomic mass is 10.0. The first-order valence-electron chi connectivity index (χ1n) is 6.84. The van der Waals surface area contributed by atoms with Crippen LogP contribution in [0, 0.1) is 5.92 Å². The van der Waals surface area contributed by atoms with Gasteiger partial charge in [0.15, 0.2) is 0 Å². The summed E-state index contributed by atoms with van der Waals surface area (Å²) in [6, 6.07) is 0.753. The van der Waals surface area contributed by atoms with Gasteiger partial charge < -0.3 is 10.1 Å². The fraction of sp³-hybridized carbons (Fsp3) is 1.00. The molecule has 0 radical (unpaired) electrons. The first-order valence-corrected chi connectivity index (χ1v) is 6.84. The van der Waals surface area contributed by atoms with Crippen LogP contribution in [0.3, 0.4) is 0 Å². The van der Waals surface area contributed by atoms with Crippen LogP contribution >= 0.6 is 0 Å². The summed E-state index contributed by atoms with van der Waals surface area (Å²) in [4.78, 5) is 2.61. The number of ether oxygens (including phenoxy) is 1. The maximum Gasteiger partial charge on any atom is 0.0700 e. The van der Waals surface area contributed by atoms with E-state index in [2.05, 4.69) is 24.2 Å². The second-order valence-corrected chi connectivity index (χ2v) is 5.25. The van der Waals surface area contributed by atoms with Crippen LogP contribution in [0.2, 0.25) is 0 Å². The zero-order chi connectivity index (χ0) is 11.4. The van der Waals surface area contributed by atoms with E-state index in [4.69, 9.17) is 4.74 Å². The van der Waals surface area contributed by atoms with Crippen molar-refractivity contribution in [3.05, 3.63) is 0 Å². The lowest BCUT2D eigenvalue weighted by molar-refractivity contribution is -0.0346. The van der Waals surface area contributed by atoms with Gasteiger partial charge in [0.2, 0.25) is 0 Å². The third kappa shape index (κ3) is 2.96. The van der Waals surface area contributed by atoms with Crippen molar-refractivity contribution in [3.8, 4) is 0 Å². The van der Waals surface area contributed by atoms with Crippen molar-refractivity contribution in [3.63, 3.8) is 0 Å². The Kier molecular flexibility index (Phi) is 4.62. The van der Waals surface area contributed by atoms with Crippen molar-refractivity contribution >= 4 is 0 Å². The Hall–Kier alpha value is -0.120. The molecular weight excluding hydrogens is 200 g/mol. The lowest BCUT2D eigenvalue weighted by Crippen LogP contribution is -2.46. The monoisotopic (exact) mass is 226 g/mol. The van der Waals surface area contributed by atoms with Gasteiger partial charge in [-0.2, -0.15) is 0 Å². The van der Waals surface area contributed by atoms with E-state index in [1.807, 2.05) is 0 Å². The zero-order valence-electron chi connectivity index (χ0n) is 10.7. The molecule has 0 aromatic rings. The highest BCUT2D eigenvalue weighted by Crippen LogP contribution is 2.26. The second-order valence-electron chi connectivity index (χ2n) is 5.25. The Morgan fingerprint density at radius 1 is 1.38 bits per heavy atom. The number of nitrogens with zero attached hydrogens (tertiary/aromatic N) is 1. The number of rotatable bonds is 4. The van der Waals surface area contributed by atoms with Gasteiger partial charge in [-0.1, -0.05) is 13.3 Å². The van der Waals surface area contributed by atoms with Gasteiger partial charge >= 0.3 is 0 Å². The first kappa shape index (κ1) is 12.3. The second kappa shape index (κ2) is 5.99. The van der Waals surface area contributed by atoms with E-state index in [1.165, 1.54) is 25.8 Å². The molecular formula is C13H26N2O. The number of hydrogen-bond acceptors (Lipinski definition) is 3. The van der Waals surface area contributed by atoms with Gasteiger partial charge in [-0.3, -0.25) is 4.90 Å². The van der Waals surface area contributed by atoms with Gasteiger partial charge in [-0.05, 0) is 32.2 Å². The molecule has 1 saturated heterocycles. The quantitative estimate of drug-likeness (QED) is 0.786. The molecule has 3 heteroatoms. The lowest BCUT2D eigenvalue weighted by Gasteiger charge is -2.35. The minimum absolute atomic E-state index is 0.475. The van der Waals surface area contributed by atoms with Crippen LogP contribution in [0.5, 0.6) is 0 Å². The maximum absolute atomic E-state index is 5.72. The van der Waals surface area contributed by atoms with Crippen molar-refractivity contribution in [2.24, 2.45) is 5.92 Å². The van der Waals surface area contributed by atoms with Crippen LogP contribution in [-0.4, -0.2) is 50.3 Å². The molecule has 1 aliphatic heterocycles. The predicted octanol–water partition coefficient (Wildman–Crippen LogP) is 1.49. The van der Waals surface area contributed by atoms with Gasteiger partial charge in [-0.25, -0.2) is 0 Å². The molecule has 3 nitrogen and oxygen atoms in total. The highest BCUT2D eigenvalue weighted by Gasteiger charge is 2.29. The third-order valence-corrected chi connectivity index (χ3v) is 4.20. The highest BCUT2D eigenvalue weighted by molar-refractivity contribution is 4.85. The summed E-state index contributed by atoms with van der Waals surface area (Å²) >= 11 is 0. The van der Waals surface area contributed by atoms with Gasteiger partial charge in [0.05, 0.1) is 12.7 Å². The Morgan fingerprint density at radius 2 is 2.25 bits per heavy atom. The van der Waals surface area contributed by atoms with Crippen LogP contribution < -0.4 is 5.32 Å². The number of nitrogens with one attached hydrogen (secondary N) is 1. The van der Waals surface area contributed by atoms with Crippen molar-refractivity contribution in [1.82, 2.24) is 10.2 Å². The molecule has 2 aliphatic rings. The largest absolute Gasteiger partial charge is 0.376 e. The number of morpholine rings is 1. The minimum atomic E-state index is 0.475. The molecule has 94 valence electrons. The molecule has 0 bridgehead atoms. The summed E-state index contributed by atoms with van der Waals surface area (Å²) in [5.74, 6) is 0.862. The van der Waals surface area contributed by atoms with Gasteiger partial charge in [0.1, 0.15) is 0 Å². The molecule has 1 heterocycles. The van der Waals surface area contributed by atoms with Gasteiger partial charge in [0.25, 0.3) is 0 Å². The van der Waals surface area contributed by atoms with Crippen LogP contribution in [0.25, 0.3) is 0 Å². The average Bonchev–Trinajstić information content (AvgIpc) is 2.76. The molecule has 1 saturated carbocycles. The van der Waals surface area contributed by atoms with E-state index in [1.54, 1.807) is 0 Å². The summed E-state index contributed by atoms with van der Waals surface area (Å²) < 4.78 is 5.72. The third-order valence-electron chi connectivity index (χ3n) is 4.20. The molecule has 16 heavy (non-hydrogen) atoms. The standard InChI is InChI=1S/C13H26N2O/c1-3-12-10-15(7-8-16-12)9-11-5-4-6-13(11)14-2/h11-14H,3-10H2,1-2H3. The van der Waals surface area contributed by atoms with Crippen LogP contribution in [-0.2, 0) is 4.74 Å². The van der Waals surface area contributed by atoms with Crippen LogP contribution in [0.15, 0.2) is 0 Å². The normalized spacial score (nSPS) is 36.8. The van der Waals surface area contributed by atoms with E-state index in [9.17, 15) is 0 Å². The molecule has 1 aliphatic carbocycles. The molecule has 0 aromatic heterocycles. The number of hydrogen-bond donors (Lipinski definition) is 1. The minimum Gasteiger partial charge on any atom is -0.376 e. The molecule has 0 spiro atoms. The summed E-state index contributed by atoms with van der Waals surface area (Å²) in [6.07, 6.45) is 5.79. The van der Waals surface area contributed by atoms with Crippen LogP contribution in [0.1, 0.15) is 32.6 Å². The molecule has 0 aromatic carbocycles. The SMILES string of the molecule is CCC1CN(CC2CCCC2NC)CCO1. The maximum atomic E-state index is 5.72. The molecule has 0 amide bonds. The van der Waals surface area contributed by atoms with Crippen molar-refractivity contribution in [2.75, 3.05) is 33.3 Å². The topological polar surface area (TPSA) is 24.5 Å². The van der Waals surface area contributed by atoms with Crippen LogP contribution in [0.4, 0.5) is 0 Å². The molecule has 2 rings (SSSR count). The predicted molar refractivity (Wildman–Crippen MR) is 66.7 cm³/mol. The molecule has 2 fully saturated rings. The molecule has 3 atom stereocenters. The molecule has 1 N–H and O–H groups in total. The summed E-state index contributed by atoms with van der Waals surface area (Å²) in [6.45, 7) is 6.69. The summed E-state index contributed by atoms with van der Waals surface area (Å²) in [7, 11) is 2.11. The zero-order valence-corrected chi connectivity index (χ0v) is 10.7. The van der Waals surface area contributed by atoms with Gasteiger partial charge in [0, 0.05) is 25.7 Å². The van der Waals surface area contributed by atoms with E-state index in [0.29, 0.717) is 6.10 Å². The van der Waals surface area contributed by atoms with Gasteiger partial charge in [-0.15, -0.1) is 0 Å². The Morgan fingerprint density at radius 3 is 3.00 bits per heavy atom. The van der Waals surface area contributed by atoms with Crippen molar-refractivity contribution in [1.29, 1.82) is 0 Å². The van der Waals surface area contributed by atoms with E-state index >= 15 is 0 Å². The van der Waals surface area contributed by atoms with E-state index < -0.39 is 0 Å². The summed E-state index contributed by atoms with van der Waals surface area (Å²) in [5, 5.41) is 3.47. The Labute approximate surface area is 99.5 Å².